The summed E-state index contributed by atoms with van der Waals surface area (Å²) in [7, 11) is 0. The molecule has 27 heavy (non-hydrogen) atoms. The minimum absolute atomic E-state index is 0.281. The van der Waals surface area contributed by atoms with Crippen LogP contribution in [0.3, 0.4) is 0 Å². The second-order valence-electron chi connectivity index (χ2n) is 8.15. The molecule has 2 N–H and O–H groups in total. The number of amides is 1. The predicted octanol–water partition coefficient (Wildman–Crippen LogP) is 3.16. The average molecular weight is 373 g/mol. The summed E-state index contributed by atoms with van der Waals surface area (Å²) in [6, 6.07) is 1.51. The fourth-order valence-corrected chi connectivity index (χ4v) is 3.45. The summed E-state index contributed by atoms with van der Waals surface area (Å²) in [6.07, 6.45) is 5.35. The molecule has 2 atom stereocenters. The SMILES string of the molecule is Cc1ccnc2c(C(=O)N[C@H]3CCCC[C@@H]3O)cn(C(=O)OC(C)(C)C)c12. The first-order chi connectivity index (χ1) is 12.7. The smallest absolute Gasteiger partial charge is 0.419 e. The van der Waals surface area contributed by atoms with E-state index in [-0.39, 0.29) is 11.9 Å². The Morgan fingerprint density at radius 3 is 2.67 bits per heavy atom. The zero-order valence-electron chi connectivity index (χ0n) is 16.3. The number of nitrogens with zero attached hydrogens (tertiary/aromatic N) is 2. The van der Waals surface area contributed by atoms with Gasteiger partial charge in [-0.3, -0.25) is 9.78 Å². The van der Waals surface area contributed by atoms with Crippen LogP contribution in [0, 0.1) is 6.92 Å². The molecule has 2 aromatic rings. The Morgan fingerprint density at radius 2 is 2.00 bits per heavy atom. The van der Waals surface area contributed by atoms with E-state index < -0.39 is 17.8 Å². The quantitative estimate of drug-likeness (QED) is 0.843. The summed E-state index contributed by atoms with van der Waals surface area (Å²) >= 11 is 0. The van der Waals surface area contributed by atoms with Crippen LogP contribution < -0.4 is 5.32 Å². The van der Waals surface area contributed by atoms with Crippen LogP contribution in [0.4, 0.5) is 4.79 Å². The van der Waals surface area contributed by atoms with Gasteiger partial charge >= 0.3 is 6.09 Å². The fraction of sp³-hybridized carbons (Fsp3) is 0.550. The molecule has 2 aromatic heterocycles. The van der Waals surface area contributed by atoms with Gasteiger partial charge in [0.15, 0.2) is 0 Å². The highest BCUT2D eigenvalue weighted by molar-refractivity contribution is 6.08. The number of hydrogen-bond acceptors (Lipinski definition) is 5. The number of carbonyl (C=O) groups excluding carboxylic acids is 2. The molecule has 1 amide bonds. The molecule has 0 unspecified atom stereocenters. The number of aromatic nitrogens is 2. The van der Waals surface area contributed by atoms with E-state index >= 15 is 0 Å². The Kier molecular flexibility index (Phi) is 5.24. The molecule has 1 aliphatic rings. The first kappa shape index (κ1) is 19.4. The molecule has 0 aromatic carbocycles. The van der Waals surface area contributed by atoms with Crippen LogP contribution in [-0.4, -0.2) is 44.4 Å². The number of ether oxygens (including phenoxy) is 1. The number of hydrogen-bond donors (Lipinski definition) is 2. The first-order valence-corrected chi connectivity index (χ1v) is 9.36. The van der Waals surface area contributed by atoms with Crippen LogP contribution in [-0.2, 0) is 4.74 Å². The van der Waals surface area contributed by atoms with Crippen molar-refractivity contribution in [1.29, 1.82) is 0 Å². The van der Waals surface area contributed by atoms with Crippen LogP contribution >= 0.6 is 0 Å². The molecular formula is C20H27N3O4. The van der Waals surface area contributed by atoms with Gasteiger partial charge in [0.05, 0.1) is 23.2 Å². The Morgan fingerprint density at radius 1 is 1.30 bits per heavy atom. The van der Waals surface area contributed by atoms with Crippen molar-refractivity contribution in [3.63, 3.8) is 0 Å². The first-order valence-electron chi connectivity index (χ1n) is 9.36. The molecule has 1 saturated carbocycles. The number of aryl methyl sites for hydroxylation is 1. The standard InChI is InChI=1S/C20H27N3O4/c1-12-9-10-21-16-13(18(25)22-14-7-5-6-8-15(14)24)11-23(17(12)16)19(26)27-20(2,3)4/h9-11,14-15,24H,5-8H2,1-4H3,(H,22,25)/t14-,15-/m0/s1. The predicted molar refractivity (Wildman–Crippen MR) is 102 cm³/mol. The van der Waals surface area contributed by atoms with Crippen LogP contribution in [0.25, 0.3) is 11.0 Å². The van der Waals surface area contributed by atoms with Gasteiger partial charge in [-0.15, -0.1) is 0 Å². The highest BCUT2D eigenvalue weighted by atomic mass is 16.6. The highest BCUT2D eigenvalue weighted by Crippen LogP contribution is 2.25. The maximum Gasteiger partial charge on any atom is 0.419 e. The lowest BCUT2D eigenvalue weighted by molar-refractivity contribution is 0.0544. The summed E-state index contributed by atoms with van der Waals surface area (Å²) in [5.41, 5.74) is 1.48. The lowest BCUT2D eigenvalue weighted by Gasteiger charge is -2.28. The lowest BCUT2D eigenvalue weighted by atomic mass is 9.92. The number of nitrogens with one attached hydrogen (secondary N) is 1. The van der Waals surface area contributed by atoms with E-state index in [0.29, 0.717) is 23.0 Å². The van der Waals surface area contributed by atoms with Crippen molar-refractivity contribution in [3.05, 3.63) is 29.6 Å². The summed E-state index contributed by atoms with van der Waals surface area (Å²) in [4.78, 5) is 29.8. The van der Waals surface area contributed by atoms with Crippen molar-refractivity contribution < 1.29 is 19.4 Å². The van der Waals surface area contributed by atoms with Gasteiger partial charge in [0, 0.05) is 12.4 Å². The number of aliphatic hydroxyl groups excluding tert-OH is 1. The van der Waals surface area contributed by atoms with Crippen LogP contribution in [0.15, 0.2) is 18.5 Å². The molecule has 7 nitrogen and oxygen atoms in total. The summed E-state index contributed by atoms with van der Waals surface area (Å²) < 4.78 is 6.81. The molecule has 0 radical (unpaired) electrons. The zero-order chi connectivity index (χ0) is 19.8. The van der Waals surface area contributed by atoms with E-state index in [0.717, 1.165) is 24.8 Å². The van der Waals surface area contributed by atoms with Gasteiger partial charge in [-0.25, -0.2) is 9.36 Å². The van der Waals surface area contributed by atoms with Crippen molar-refractivity contribution in [3.8, 4) is 0 Å². The molecular weight excluding hydrogens is 346 g/mol. The summed E-state index contributed by atoms with van der Waals surface area (Å²) in [5.74, 6) is -0.341. The number of rotatable bonds is 2. The van der Waals surface area contributed by atoms with E-state index in [1.165, 1.54) is 10.8 Å². The molecule has 1 fully saturated rings. The van der Waals surface area contributed by atoms with Crippen LogP contribution in [0.5, 0.6) is 0 Å². The third kappa shape index (κ3) is 4.13. The third-order valence-corrected chi connectivity index (χ3v) is 4.76. The highest BCUT2D eigenvalue weighted by Gasteiger charge is 2.28. The van der Waals surface area contributed by atoms with Crippen molar-refractivity contribution in [2.75, 3.05) is 0 Å². The van der Waals surface area contributed by atoms with Crippen molar-refractivity contribution >= 4 is 23.0 Å². The Balaban J connectivity index is 1.97. The Bertz CT molecular complexity index is 866. The molecule has 7 heteroatoms. The minimum atomic E-state index is -0.654. The van der Waals surface area contributed by atoms with Gasteiger partial charge in [-0.05, 0) is 52.2 Å². The number of aliphatic hydroxyl groups is 1. The normalized spacial score (nSPS) is 20.5. The van der Waals surface area contributed by atoms with Gasteiger partial charge < -0.3 is 15.2 Å². The topological polar surface area (TPSA) is 93.5 Å². The number of fused-ring (bicyclic) bond motifs is 1. The molecule has 0 bridgehead atoms. The third-order valence-electron chi connectivity index (χ3n) is 4.76. The molecule has 0 saturated heterocycles. The average Bonchev–Trinajstić information content (AvgIpc) is 2.97. The maximum absolute atomic E-state index is 12.9. The van der Waals surface area contributed by atoms with E-state index in [2.05, 4.69) is 10.3 Å². The monoisotopic (exact) mass is 373 g/mol. The van der Waals surface area contributed by atoms with Crippen LogP contribution in [0.1, 0.15) is 62.4 Å². The van der Waals surface area contributed by atoms with Crippen molar-refractivity contribution in [1.82, 2.24) is 14.9 Å². The van der Waals surface area contributed by atoms with Gasteiger partial charge in [0.25, 0.3) is 5.91 Å². The molecule has 146 valence electrons. The largest absolute Gasteiger partial charge is 0.443 e. The second-order valence-corrected chi connectivity index (χ2v) is 8.15. The summed E-state index contributed by atoms with van der Waals surface area (Å²) in [5, 5.41) is 13.0. The van der Waals surface area contributed by atoms with E-state index in [9.17, 15) is 14.7 Å². The molecule has 3 rings (SSSR count). The fourth-order valence-electron chi connectivity index (χ4n) is 3.45. The number of pyridine rings is 1. The van der Waals surface area contributed by atoms with Gasteiger partial charge in [0.2, 0.25) is 0 Å². The number of carbonyl (C=O) groups is 2. The Labute approximate surface area is 158 Å². The van der Waals surface area contributed by atoms with Gasteiger partial charge in [0.1, 0.15) is 11.1 Å². The molecule has 2 heterocycles. The second kappa shape index (κ2) is 7.31. The Hall–Kier alpha value is -2.41. The van der Waals surface area contributed by atoms with Crippen molar-refractivity contribution in [2.45, 2.75) is 71.1 Å². The maximum atomic E-state index is 12.9. The minimum Gasteiger partial charge on any atom is -0.443 e. The molecule has 0 aliphatic heterocycles. The van der Waals surface area contributed by atoms with E-state index in [4.69, 9.17) is 4.74 Å². The molecule has 1 aliphatic carbocycles. The van der Waals surface area contributed by atoms with E-state index in [1.807, 2.05) is 6.92 Å². The lowest BCUT2D eigenvalue weighted by Crippen LogP contribution is -2.45. The van der Waals surface area contributed by atoms with Crippen molar-refractivity contribution in [2.24, 2.45) is 0 Å². The molecule has 0 spiro atoms. The zero-order valence-corrected chi connectivity index (χ0v) is 16.3. The summed E-state index contributed by atoms with van der Waals surface area (Å²) in [6.45, 7) is 7.23. The van der Waals surface area contributed by atoms with Gasteiger partial charge in [-0.1, -0.05) is 12.8 Å². The van der Waals surface area contributed by atoms with Gasteiger partial charge in [-0.2, -0.15) is 0 Å². The van der Waals surface area contributed by atoms with Crippen LogP contribution in [0.2, 0.25) is 0 Å². The van der Waals surface area contributed by atoms with E-state index in [1.54, 1.807) is 33.0 Å².